The van der Waals surface area contributed by atoms with Crippen LogP contribution < -0.4 is 20.3 Å². The lowest BCUT2D eigenvalue weighted by Gasteiger charge is -2.19. The van der Waals surface area contributed by atoms with Crippen molar-refractivity contribution < 1.29 is 27.9 Å². The second kappa shape index (κ2) is 13.3. The predicted octanol–water partition coefficient (Wildman–Crippen LogP) is 3.30. The van der Waals surface area contributed by atoms with Crippen LogP contribution in [0.1, 0.15) is 37.9 Å². The van der Waals surface area contributed by atoms with Crippen molar-refractivity contribution in [3.8, 4) is 0 Å². The van der Waals surface area contributed by atoms with Gasteiger partial charge in [-0.3, -0.25) is 14.3 Å². The first-order valence-electron chi connectivity index (χ1n) is 14.1. The number of benzene rings is 2. The van der Waals surface area contributed by atoms with Crippen molar-refractivity contribution in [3.63, 3.8) is 0 Å². The number of sulfonamides is 1. The van der Waals surface area contributed by atoms with Gasteiger partial charge in [0.05, 0.1) is 10.4 Å². The molecule has 2 heterocycles. The second-order valence-electron chi connectivity index (χ2n) is 11.0. The standard InChI is InChI=1S/C30H36N8O6S/c1-17(2)28(29(41)42)34-26(39)11-12-27(40)36-45(43,44)24-15-20(8-7-18(24)3)32-30-31-14-13-25(33-30)37(5)21-9-10-22-19(4)38(6)35-23(22)16-21/h7-10,13-17,28H,11-12H2,1-6H3,(H,34,39)(H,36,40)(H,41,42)(H,31,32,33). The van der Waals surface area contributed by atoms with Crippen LogP contribution in [-0.2, 0) is 31.5 Å². The van der Waals surface area contributed by atoms with E-state index in [-0.39, 0.29) is 23.2 Å². The van der Waals surface area contributed by atoms with Gasteiger partial charge in [-0.25, -0.2) is 22.9 Å². The predicted molar refractivity (Wildman–Crippen MR) is 169 cm³/mol. The Kier molecular flexibility index (Phi) is 9.71. The number of carbonyl (C=O) groups excluding carboxylic acids is 2. The minimum Gasteiger partial charge on any atom is -0.480 e. The summed E-state index contributed by atoms with van der Waals surface area (Å²) in [6.45, 7) is 6.86. The Morgan fingerprint density at radius 3 is 2.42 bits per heavy atom. The fourth-order valence-corrected chi connectivity index (χ4v) is 5.88. The molecule has 1 atom stereocenters. The van der Waals surface area contributed by atoms with Gasteiger partial charge in [0.15, 0.2) is 0 Å². The zero-order chi connectivity index (χ0) is 33.1. The van der Waals surface area contributed by atoms with Crippen LogP contribution in [-0.4, -0.2) is 64.1 Å². The van der Waals surface area contributed by atoms with E-state index in [2.05, 4.69) is 25.7 Å². The maximum atomic E-state index is 13.1. The molecule has 0 aliphatic rings. The summed E-state index contributed by atoms with van der Waals surface area (Å²) in [4.78, 5) is 46.5. The minimum absolute atomic E-state index is 0.150. The highest BCUT2D eigenvalue weighted by atomic mass is 32.2. The molecule has 0 saturated carbocycles. The SMILES string of the molecule is Cc1ccc(Nc2nccc(N(C)c3ccc4c(C)n(C)nc4c3)n2)cc1S(=O)(=O)NC(=O)CCC(=O)NC(C(=O)O)C(C)C. The lowest BCUT2D eigenvalue weighted by Crippen LogP contribution is -2.44. The van der Waals surface area contributed by atoms with E-state index in [0.717, 1.165) is 22.3 Å². The molecule has 2 aromatic heterocycles. The molecule has 15 heteroatoms. The second-order valence-corrected chi connectivity index (χ2v) is 12.6. The molecule has 1 unspecified atom stereocenters. The number of nitrogens with zero attached hydrogens (tertiary/aromatic N) is 5. The Labute approximate surface area is 260 Å². The topological polar surface area (TPSA) is 189 Å². The Morgan fingerprint density at radius 2 is 1.73 bits per heavy atom. The van der Waals surface area contributed by atoms with Crippen molar-refractivity contribution in [1.29, 1.82) is 0 Å². The van der Waals surface area contributed by atoms with Crippen molar-refractivity contribution in [1.82, 2.24) is 29.8 Å². The maximum Gasteiger partial charge on any atom is 0.326 e. The van der Waals surface area contributed by atoms with Crippen LogP contribution in [0.15, 0.2) is 53.6 Å². The maximum absolute atomic E-state index is 13.1. The molecule has 0 spiro atoms. The number of aromatic nitrogens is 4. The molecular weight excluding hydrogens is 600 g/mol. The molecule has 0 bridgehead atoms. The number of rotatable bonds is 12. The summed E-state index contributed by atoms with van der Waals surface area (Å²) < 4.78 is 30.0. The third-order valence-electron chi connectivity index (χ3n) is 7.30. The molecular formula is C30H36N8O6S. The number of carbonyl (C=O) groups is 3. The van der Waals surface area contributed by atoms with Gasteiger partial charge in [-0.05, 0) is 61.7 Å². The van der Waals surface area contributed by atoms with E-state index in [1.54, 1.807) is 45.2 Å². The van der Waals surface area contributed by atoms with Gasteiger partial charge in [0.2, 0.25) is 17.8 Å². The molecule has 2 aromatic carbocycles. The van der Waals surface area contributed by atoms with Crippen LogP contribution in [0.25, 0.3) is 10.9 Å². The lowest BCUT2D eigenvalue weighted by molar-refractivity contribution is -0.143. The Balaban J connectivity index is 1.44. The highest BCUT2D eigenvalue weighted by Gasteiger charge is 2.25. The monoisotopic (exact) mass is 636 g/mol. The molecule has 238 valence electrons. The van der Waals surface area contributed by atoms with Gasteiger partial charge in [-0.2, -0.15) is 10.1 Å². The minimum atomic E-state index is -4.30. The highest BCUT2D eigenvalue weighted by Crippen LogP contribution is 2.28. The average molecular weight is 637 g/mol. The molecule has 0 aliphatic heterocycles. The number of amides is 2. The van der Waals surface area contributed by atoms with Gasteiger partial charge in [0.25, 0.3) is 10.0 Å². The molecule has 0 saturated heterocycles. The first kappa shape index (κ1) is 32.9. The molecule has 0 fully saturated rings. The number of anilines is 4. The summed E-state index contributed by atoms with van der Waals surface area (Å²) in [5.74, 6) is -2.35. The van der Waals surface area contributed by atoms with Gasteiger partial charge in [-0.15, -0.1) is 0 Å². The van der Waals surface area contributed by atoms with Crippen LogP contribution in [0.2, 0.25) is 0 Å². The number of aliphatic carboxylic acids is 1. The van der Waals surface area contributed by atoms with E-state index in [0.29, 0.717) is 17.1 Å². The zero-order valence-electron chi connectivity index (χ0n) is 25.8. The summed E-state index contributed by atoms with van der Waals surface area (Å²) in [7, 11) is -0.545. The number of carboxylic acids is 1. The van der Waals surface area contributed by atoms with Crippen LogP contribution in [0.4, 0.5) is 23.1 Å². The molecule has 4 rings (SSSR count). The Morgan fingerprint density at radius 1 is 1.02 bits per heavy atom. The Hall–Kier alpha value is -5.05. The summed E-state index contributed by atoms with van der Waals surface area (Å²) in [6, 6.07) is 11.2. The number of nitrogens with one attached hydrogen (secondary N) is 3. The van der Waals surface area contributed by atoms with Crippen molar-refractivity contribution in [2.75, 3.05) is 17.3 Å². The molecule has 14 nitrogen and oxygen atoms in total. The number of fused-ring (bicyclic) bond motifs is 1. The number of aryl methyl sites for hydroxylation is 3. The normalized spacial score (nSPS) is 12.2. The van der Waals surface area contributed by atoms with Crippen molar-refractivity contribution in [2.24, 2.45) is 13.0 Å². The average Bonchev–Trinajstić information content (AvgIpc) is 3.27. The van der Waals surface area contributed by atoms with E-state index in [9.17, 15) is 27.9 Å². The molecule has 4 aromatic rings. The van der Waals surface area contributed by atoms with E-state index in [1.807, 2.05) is 53.5 Å². The Bertz CT molecular complexity index is 1870. The number of carboxylic acid groups (broad SMARTS) is 1. The number of hydrogen-bond donors (Lipinski definition) is 4. The van der Waals surface area contributed by atoms with Crippen LogP contribution in [0.5, 0.6) is 0 Å². The van der Waals surface area contributed by atoms with Crippen LogP contribution in [0.3, 0.4) is 0 Å². The van der Waals surface area contributed by atoms with Gasteiger partial charge < -0.3 is 20.6 Å². The quantitative estimate of drug-likeness (QED) is 0.179. The highest BCUT2D eigenvalue weighted by molar-refractivity contribution is 7.90. The summed E-state index contributed by atoms with van der Waals surface area (Å²) in [5.41, 5.74) is 3.53. The van der Waals surface area contributed by atoms with Gasteiger partial charge in [0, 0.05) is 55.6 Å². The van der Waals surface area contributed by atoms with Crippen molar-refractivity contribution >= 4 is 61.9 Å². The third kappa shape index (κ3) is 7.73. The summed E-state index contributed by atoms with van der Waals surface area (Å²) in [6.07, 6.45) is 0.746. The molecule has 45 heavy (non-hydrogen) atoms. The van der Waals surface area contributed by atoms with E-state index >= 15 is 0 Å². The van der Waals surface area contributed by atoms with Gasteiger partial charge >= 0.3 is 5.97 Å². The van der Waals surface area contributed by atoms with E-state index in [4.69, 9.17) is 0 Å². The number of hydrogen-bond acceptors (Lipinski definition) is 10. The van der Waals surface area contributed by atoms with Crippen molar-refractivity contribution in [3.05, 3.63) is 59.9 Å². The third-order valence-corrected chi connectivity index (χ3v) is 8.81. The molecule has 4 N–H and O–H groups in total. The zero-order valence-corrected chi connectivity index (χ0v) is 26.6. The van der Waals surface area contributed by atoms with Gasteiger partial charge in [0.1, 0.15) is 11.9 Å². The fourth-order valence-electron chi connectivity index (χ4n) is 4.60. The van der Waals surface area contributed by atoms with E-state index < -0.39 is 40.3 Å². The van der Waals surface area contributed by atoms with Crippen molar-refractivity contribution in [2.45, 2.75) is 51.5 Å². The van der Waals surface area contributed by atoms with Crippen LogP contribution >= 0.6 is 0 Å². The fraction of sp³-hybridized carbons (Fsp3) is 0.333. The summed E-state index contributed by atoms with van der Waals surface area (Å²) in [5, 5.41) is 20.2. The smallest absolute Gasteiger partial charge is 0.326 e. The molecule has 0 radical (unpaired) electrons. The lowest BCUT2D eigenvalue weighted by atomic mass is 10.0. The first-order valence-corrected chi connectivity index (χ1v) is 15.6. The molecule has 0 aliphatic carbocycles. The largest absolute Gasteiger partial charge is 0.480 e. The first-order chi connectivity index (χ1) is 21.2. The van der Waals surface area contributed by atoms with E-state index in [1.165, 1.54) is 6.07 Å². The van der Waals surface area contributed by atoms with Crippen LogP contribution in [0, 0.1) is 19.8 Å². The van der Waals surface area contributed by atoms with Gasteiger partial charge in [-0.1, -0.05) is 19.9 Å². The molecule has 2 amide bonds. The summed E-state index contributed by atoms with van der Waals surface area (Å²) >= 11 is 0.